The first-order chi connectivity index (χ1) is 11.3. The van der Waals surface area contributed by atoms with E-state index >= 15 is 0 Å². The van der Waals surface area contributed by atoms with Crippen molar-refractivity contribution in [3.05, 3.63) is 65.7 Å². The lowest BCUT2D eigenvalue weighted by Crippen LogP contribution is -2.22. The van der Waals surface area contributed by atoms with Gasteiger partial charge in [-0.05, 0) is 55.0 Å². The fraction of sp³-hybridized carbons (Fsp3) is 0.429. The van der Waals surface area contributed by atoms with Crippen LogP contribution < -0.4 is 10.1 Å². The summed E-state index contributed by atoms with van der Waals surface area (Å²) < 4.78 is 5.87. The van der Waals surface area contributed by atoms with Crippen molar-refractivity contribution in [1.29, 1.82) is 0 Å². The van der Waals surface area contributed by atoms with Crippen molar-refractivity contribution in [2.24, 2.45) is 5.92 Å². The molecule has 0 heterocycles. The molecule has 2 heteroatoms. The smallest absolute Gasteiger partial charge is 0.119 e. The minimum absolute atomic E-state index is 0.467. The van der Waals surface area contributed by atoms with Crippen molar-refractivity contribution in [2.75, 3.05) is 13.2 Å². The molecule has 3 rings (SSSR count). The van der Waals surface area contributed by atoms with Gasteiger partial charge in [-0.3, -0.25) is 0 Å². The molecule has 0 radical (unpaired) electrons. The van der Waals surface area contributed by atoms with Crippen molar-refractivity contribution in [1.82, 2.24) is 5.32 Å². The van der Waals surface area contributed by atoms with Gasteiger partial charge < -0.3 is 10.1 Å². The van der Waals surface area contributed by atoms with E-state index in [1.807, 2.05) is 6.07 Å². The quantitative estimate of drug-likeness (QED) is 0.721. The van der Waals surface area contributed by atoms with E-state index in [4.69, 9.17) is 4.74 Å². The zero-order valence-electron chi connectivity index (χ0n) is 14.0. The summed E-state index contributed by atoms with van der Waals surface area (Å²) in [5.41, 5.74) is 2.68. The summed E-state index contributed by atoms with van der Waals surface area (Å²) in [6.07, 6.45) is 4.87. The Morgan fingerprint density at radius 3 is 2.43 bits per heavy atom. The summed E-state index contributed by atoms with van der Waals surface area (Å²) in [6, 6.07) is 19.5. The number of rotatable bonds is 9. The molecular formula is C21H27NO. The zero-order chi connectivity index (χ0) is 15.9. The van der Waals surface area contributed by atoms with Crippen LogP contribution in [-0.4, -0.2) is 13.2 Å². The molecule has 2 aromatic carbocycles. The average molecular weight is 309 g/mol. The van der Waals surface area contributed by atoms with Crippen LogP contribution in [0.1, 0.15) is 43.4 Å². The highest BCUT2D eigenvalue weighted by Gasteiger charge is 2.22. The predicted molar refractivity (Wildman–Crippen MR) is 95.8 cm³/mol. The Balaban J connectivity index is 1.47. The number of hydrogen-bond acceptors (Lipinski definition) is 2. The van der Waals surface area contributed by atoms with E-state index in [9.17, 15) is 0 Å². The molecule has 1 unspecified atom stereocenters. The number of ether oxygens (including phenoxy) is 1. The molecule has 0 aliphatic heterocycles. The van der Waals surface area contributed by atoms with Gasteiger partial charge in [-0.25, -0.2) is 0 Å². The maximum absolute atomic E-state index is 5.87. The minimum Gasteiger partial charge on any atom is -0.493 e. The van der Waals surface area contributed by atoms with Crippen LogP contribution in [0, 0.1) is 5.92 Å². The van der Waals surface area contributed by atoms with E-state index in [-0.39, 0.29) is 0 Å². The molecule has 1 atom stereocenters. The molecule has 23 heavy (non-hydrogen) atoms. The van der Waals surface area contributed by atoms with Crippen LogP contribution in [0.3, 0.4) is 0 Å². The lowest BCUT2D eigenvalue weighted by molar-refractivity contribution is 0.321. The molecule has 1 saturated carbocycles. The first-order valence-corrected chi connectivity index (χ1v) is 8.85. The molecule has 1 aliphatic carbocycles. The van der Waals surface area contributed by atoms with Gasteiger partial charge in [0.2, 0.25) is 0 Å². The number of benzene rings is 2. The summed E-state index contributed by atoms with van der Waals surface area (Å²) in [5.74, 6) is 1.88. The Bertz CT molecular complexity index is 575. The van der Waals surface area contributed by atoms with Gasteiger partial charge in [0.1, 0.15) is 5.75 Å². The highest BCUT2D eigenvalue weighted by Crippen LogP contribution is 2.29. The van der Waals surface area contributed by atoms with Crippen LogP contribution in [0.25, 0.3) is 0 Å². The first kappa shape index (κ1) is 16.1. The lowest BCUT2D eigenvalue weighted by atomic mass is 10.0. The molecule has 1 N–H and O–H groups in total. The Kier molecular flexibility index (Phi) is 5.71. The van der Waals surface area contributed by atoms with E-state index < -0.39 is 0 Å². The average Bonchev–Trinajstić information content (AvgIpc) is 3.42. The van der Waals surface area contributed by atoms with Gasteiger partial charge in [0.05, 0.1) is 6.61 Å². The Morgan fingerprint density at radius 1 is 1.04 bits per heavy atom. The molecular weight excluding hydrogens is 282 g/mol. The van der Waals surface area contributed by atoms with Gasteiger partial charge in [0, 0.05) is 12.5 Å². The van der Waals surface area contributed by atoms with Crippen molar-refractivity contribution >= 4 is 0 Å². The summed E-state index contributed by atoms with van der Waals surface area (Å²) in [7, 11) is 0. The number of hydrogen-bond donors (Lipinski definition) is 1. The molecule has 0 aromatic heterocycles. The summed E-state index contributed by atoms with van der Waals surface area (Å²) in [4.78, 5) is 0. The van der Waals surface area contributed by atoms with Gasteiger partial charge >= 0.3 is 0 Å². The normalized spacial score (nSPS) is 15.3. The van der Waals surface area contributed by atoms with Gasteiger partial charge in [-0.15, -0.1) is 0 Å². The van der Waals surface area contributed by atoms with E-state index in [0.717, 1.165) is 37.7 Å². The second kappa shape index (κ2) is 8.16. The zero-order valence-corrected chi connectivity index (χ0v) is 14.0. The van der Waals surface area contributed by atoms with Gasteiger partial charge in [0.15, 0.2) is 0 Å². The van der Waals surface area contributed by atoms with Gasteiger partial charge in [0.25, 0.3) is 0 Å². The van der Waals surface area contributed by atoms with Crippen LogP contribution >= 0.6 is 0 Å². The second-order valence-corrected chi connectivity index (χ2v) is 6.47. The molecule has 0 spiro atoms. The van der Waals surface area contributed by atoms with Crippen molar-refractivity contribution < 1.29 is 4.74 Å². The fourth-order valence-corrected chi connectivity index (χ4v) is 2.86. The van der Waals surface area contributed by atoms with Crippen molar-refractivity contribution in [3.8, 4) is 5.75 Å². The maximum Gasteiger partial charge on any atom is 0.119 e. The molecule has 122 valence electrons. The van der Waals surface area contributed by atoms with Gasteiger partial charge in [-0.2, -0.15) is 0 Å². The molecule has 0 saturated heterocycles. The third-order valence-corrected chi connectivity index (χ3v) is 4.54. The van der Waals surface area contributed by atoms with Crippen molar-refractivity contribution in [2.45, 2.75) is 38.6 Å². The minimum atomic E-state index is 0.467. The summed E-state index contributed by atoms with van der Waals surface area (Å²) in [6.45, 7) is 4.13. The monoisotopic (exact) mass is 309 g/mol. The largest absolute Gasteiger partial charge is 0.493 e. The topological polar surface area (TPSA) is 21.3 Å². The maximum atomic E-state index is 5.87. The van der Waals surface area contributed by atoms with Crippen LogP contribution in [-0.2, 0) is 6.42 Å². The SMILES string of the molecule is CCC(NCC1CC1)c1ccc(OCCc2ccccc2)cc1. The van der Waals surface area contributed by atoms with Crippen molar-refractivity contribution in [3.63, 3.8) is 0 Å². The Morgan fingerprint density at radius 2 is 1.78 bits per heavy atom. The first-order valence-electron chi connectivity index (χ1n) is 8.85. The third-order valence-electron chi connectivity index (χ3n) is 4.54. The van der Waals surface area contributed by atoms with E-state index in [0.29, 0.717) is 6.04 Å². The Labute approximate surface area is 139 Å². The molecule has 2 aromatic rings. The molecule has 1 aliphatic rings. The Hall–Kier alpha value is -1.80. The highest BCUT2D eigenvalue weighted by atomic mass is 16.5. The van der Waals surface area contributed by atoms with E-state index in [2.05, 4.69) is 60.8 Å². The van der Waals surface area contributed by atoms with Gasteiger partial charge in [-0.1, -0.05) is 49.4 Å². The lowest BCUT2D eigenvalue weighted by Gasteiger charge is -2.18. The number of nitrogens with one attached hydrogen (secondary N) is 1. The van der Waals surface area contributed by atoms with Crippen LogP contribution in [0.4, 0.5) is 0 Å². The molecule has 0 amide bonds. The fourth-order valence-electron chi connectivity index (χ4n) is 2.86. The molecule has 2 nitrogen and oxygen atoms in total. The predicted octanol–water partition coefficient (Wildman–Crippen LogP) is 4.76. The second-order valence-electron chi connectivity index (χ2n) is 6.47. The van der Waals surface area contributed by atoms with E-state index in [1.165, 1.54) is 24.0 Å². The van der Waals surface area contributed by atoms with E-state index in [1.54, 1.807) is 0 Å². The summed E-state index contributed by atoms with van der Waals surface area (Å²) >= 11 is 0. The highest BCUT2D eigenvalue weighted by molar-refractivity contribution is 5.29. The third kappa shape index (κ3) is 5.11. The molecule has 1 fully saturated rings. The molecule has 0 bridgehead atoms. The summed E-state index contributed by atoms with van der Waals surface area (Å²) in [5, 5.41) is 3.69. The van der Waals surface area contributed by atoms with Crippen LogP contribution in [0.2, 0.25) is 0 Å². The van der Waals surface area contributed by atoms with Crippen LogP contribution in [0.5, 0.6) is 5.75 Å². The van der Waals surface area contributed by atoms with Crippen LogP contribution in [0.15, 0.2) is 54.6 Å². The standard InChI is InChI=1S/C21H27NO/c1-2-21(22-16-18-8-9-18)19-10-12-20(13-11-19)23-15-14-17-6-4-3-5-7-17/h3-7,10-13,18,21-22H,2,8-9,14-16H2,1H3.